The number of aromatic nitrogens is 2. The van der Waals surface area contributed by atoms with Crippen LogP contribution in [0.15, 0.2) is 11.0 Å². The average Bonchev–Trinajstić information content (AvgIpc) is 2.83. The molecule has 0 radical (unpaired) electrons. The van der Waals surface area contributed by atoms with Gasteiger partial charge in [0, 0.05) is 18.3 Å². The third-order valence-corrected chi connectivity index (χ3v) is 4.15. The summed E-state index contributed by atoms with van der Waals surface area (Å²) in [6, 6.07) is 0. The summed E-state index contributed by atoms with van der Waals surface area (Å²) in [7, 11) is 4.13. The van der Waals surface area contributed by atoms with Crippen LogP contribution in [-0.2, 0) is 0 Å². The molecule has 19 heavy (non-hydrogen) atoms. The molecule has 1 aromatic heterocycles. The third-order valence-electron chi connectivity index (χ3n) is 4.15. The molecule has 6 heteroatoms. The average molecular weight is 266 g/mol. The number of rotatable bonds is 4. The first-order chi connectivity index (χ1) is 9.03. The van der Waals surface area contributed by atoms with Crippen LogP contribution in [0.5, 0.6) is 0 Å². The maximum atomic E-state index is 11.9. The van der Waals surface area contributed by atoms with Gasteiger partial charge >= 0.3 is 5.69 Å². The van der Waals surface area contributed by atoms with E-state index in [-0.39, 0.29) is 22.8 Å². The fraction of sp³-hybridized carbons (Fsp3) is 0.692. The molecule has 1 saturated carbocycles. The summed E-state index contributed by atoms with van der Waals surface area (Å²) in [6.45, 7) is 0.617. The molecular weight excluding hydrogens is 244 g/mol. The molecule has 1 heterocycles. The van der Waals surface area contributed by atoms with E-state index in [1.165, 1.54) is 25.5 Å². The van der Waals surface area contributed by atoms with Gasteiger partial charge in [0.1, 0.15) is 5.69 Å². The van der Waals surface area contributed by atoms with Gasteiger partial charge in [-0.1, -0.05) is 19.3 Å². The van der Waals surface area contributed by atoms with Crippen LogP contribution in [0.3, 0.4) is 0 Å². The lowest BCUT2D eigenvalue weighted by atomic mass is 9.80. The molecule has 106 valence electrons. The third kappa shape index (κ3) is 3.07. The molecule has 1 aliphatic rings. The molecular formula is C13H22N4O2. The SMILES string of the molecule is CN(C)C1(CNC(=O)c2c[nH]c(=O)[nH]2)CCCCC1. The monoisotopic (exact) mass is 266 g/mol. The van der Waals surface area contributed by atoms with Crippen LogP contribution in [0.2, 0.25) is 0 Å². The fourth-order valence-corrected chi connectivity index (χ4v) is 2.79. The van der Waals surface area contributed by atoms with Gasteiger partial charge in [-0.05, 0) is 26.9 Å². The quantitative estimate of drug-likeness (QED) is 0.750. The van der Waals surface area contributed by atoms with Crippen molar-refractivity contribution in [2.45, 2.75) is 37.6 Å². The van der Waals surface area contributed by atoms with Crippen molar-refractivity contribution >= 4 is 5.91 Å². The van der Waals surface area contributed by atoms with Crippen molar-refractivity contribution in [2.24, 2.45) is 0 Å². The van der Waals surface area contributed by atoms with Crippen LogP contribution in [0.4, 0.5) is 0 Å². The van der Waals surface area contributed by atoms with E-state index in [9.17, 15) is 9.59 Å². The number of imidazole rings is 1. The van der Waals surface area contributed by atoms with E-state index in [4.69, 9.17) is 0 Å². The van der Waals surface area contributed by atoms with Crippen LogP contribution in [0, 0.1) is 0 Å². The number of amides is 1. The molecule has 0 unspecified atom stereocenters. The zero-order valence-electron chi connectivity index (χ0n) is 11.6. The van der Waals surface area contributed by atoms with E-state index < -0.39 is 0 Å². The number of aromatic amines is 2. The van der Waals surface area contributed by atoms with Gasteiger partial charge in [0.2, 0.25) is 0 Å². The minimum absolute atomic E-state index is 0.0461. The number of nitrogens with one attached hydrogen (secondary N) is 3. The van der Waals surface area contributed by atoms with Crippen molar-refractivity contribution in [3.63, 3.8) is 0 Å². The van der Waals surface area contributed by atoms with Crippen molar-refractivity contribution in [1.82, 2.24) is 20.2 Å². The summed E-state index contributed by atoms with van der Waals surface area (Å²) in [5, 5.41) is 2.93. The van der Waals surface area contributed by atoms with Gasteiger partial charge in [-0.3, -0.25) is 4.79 Å². The number of carbonyl (C=O) groups excluding carboxylic acids is 1. The van der Waals surface area contributed by atoms with E-state index in [0.717, 1.165) is 12.8 Å². The number of carbonyl (C=O) groups is 1. The van der Waals surface area contributed by atoms with E-state index in [2.05, 4.69) is 34.3 Å². The second-order valence-corrected chi connectivity index (χ2v) is 5.52. The molecule has 0 aromatic carbocycles. The van der Waals surface area contributed by atoms with Crippen LogP contribution >= 0.6 is 0 Å². The largest absolute Gasteiger partial charge is 0.349 e. The maximum Gasteiger partial charge on any atom is 0.323 e. The van der Waals surface area contributed by atoms with Gasteiger partial charge in [-0.15, -0.1) is 0 Å². The predicted octanol–water partition coefficient (Wildman–Crippen LogP) is 0.697. The molecule has 6 nitrogen and oxygen atoms in total. The number of hydrogen-bond acceptors (Lipinski definition) is 3. The normalized spacial score (nSPS) is 18.5. The first-order valence-electron chi connectivity index (χ1n) is 6.77. The van der Waals surface area contributed by atoms with Crippen molar-refractivity contribution in [1.29, 1.82) is 0 Å². The van der Waals surface area contributed by atoms with Crippen molar-refractivity contribution < 1.29 is 4.79 Å². The first kappa shape index (κ1) is 13.9. The van der Waals surface area contributed by atoms with Crippen LogP contribution in [0.25, 0.3) is 0 Å². The minimum atomic E-state index is -0.356. The predicted molar refractivity (Wildman–Crippen MR) is 73.2 cm³/mol. The Bertz CT molecular complexity index is 483. The van der Waals surface area contributed by atoms with Crippen LogP contribution < -0.4 is 11.0 Å². The van der Waals surface area contributed by atoms with Gasteiger partial charge in [0.25, 0.3) is 5.91 Å². The molecule has 0 saturated heterocycles. The second kappa shape index (κ2) is 5.61. The smallest absolute Gasteiger partial charge is 0.323 e. The lowest BCUT2D eigenvalue weighted by molar-refractivity contribution is 0.0796. The first-order valence-corrected chi connectivity index (χ1v) is 6.77. The molecule has 0 atom stereocenters. The zero-order valence-corrected chi connectivity index (χ0v) is 11.6. The molecule has 1 aliphatic carbocycles. The summed E-state index contributed by atoms with van der Waals surface area (Å²) in [4.78, 5) is 30.0. The number of H-pyrrole nitrogens is 2. The standard InChI is InChI=1S/C13H22N4O2/c1-17(2)13(6-4-3-5-7-13)9-15-11(18)10-8-14-12(19)16-10/h8H,3-7,9H2,1-2H3,(H,15,18)(H2,14,16,19). The summed E-state index contributed by atoms with van der Waals surface area (Å²) in [6.07, 6.45) is 7.29. The number of hydrogen-bond donors (Lipinski definition) is 3. The minimum Gasteiger partial charge on any atom is -0.349 e. The molecule has 0 bridgehead atoms. The highest BCUT2D eigenvalue weighted by Crippen LogP contribution is 2.31. The highest BCUT2D eigenvalue weighted by Gasteiger charge is 2.34. The molecule has 0 aliphatic heterocycles. The van der Waals surface area contributed by atoms with Crippen molar-refractivity contribution in [2.75, 3.05) is 20.6 Å². The Morgan fingerprint density at radius 3 is 2.58 bits per heavy atom. The summed E-state index contributed by atoms with van der Waals surface area (Å²) < 4.78 is 0. The zero-order chi connectivity index (χ0) is 13.9. The molecule has 1 amide bonds. The highest BCUT2D eigenvalue weighted by atomic mass is 16.2. The van der Waals surface area contributed by atoms with Crippen molar-refractivity contribution in [3.05, 3.63) is 22.4 Å². The van der Waals surface area contributed by atoms with Crippen molar-refractivity contribution in [3.8, 4) is 0 Å². The van der Waals surface area contributed by atoms with Gasteiger partial charge in [0.15, 0.2) is 0 Å². The van der Waals surface area contributed by atoms with Gasteiger partial charge < -0.3 is 20.2 Å². The van der Waals surface area contributed by atoms with E-state index in [1.54, 1.807) is 0 Å². The molecule has 2 rings (SSSR count). The van der Waals surface area contributed by atoms with Gasteiger partial charge in [-0.2, -0.15) is 0 Å². The van der Waals surface area contributed by atoms with Gasteiger partial charge in [0.05, 0.1) is 0 Å². The molecule has 1 aromatic rings. The second-order valence-electron chi connectivity index (χ2n) is 5.52. The highest BCUT2D eigenvalue weighted by molar-refractivity contribution is 5.91. The Morgan fingerprint density at radius 2 is 2.05 bits per heavy atom. The Balaban J connectivity index is 1.99. The lowest BCUT2D eigenvalue weighted by Crippen LogP contribution is -2.53. The lowest BCUT2D eigenvalue weighted by Gasteiger charge is -2.43. The maximum absolute atomic E-state index is 11.9. The van der Waals surface area contributed by atoms with Crippen LogP contribution in [-0.4, -0.2) is 47.0 Å². The number of nitrogens with zero attached hydrogens (tertiary/aromatic N) is 1. The van der Waals surface area contributed by atoms with Crippen LogP contribution in [0.1, 0.15) is 42.6 Å². The topological polar surface area (TPSA) is 81.0 Å². The molecule has 3 N–H and O–H groups in total. The fourth-order valence-electron chi connectivity index (χ4n) is 2.79. The summed E-state index contributed by atoms with van der Waals surface area (Å²) >= 11 is 0. The molecule has 0 spiro atoms. The Hall–Kier alpha value is -1.56. The summed E-state index contributed by atoms with van der Waals surface area (Å²) in [5.74, 6) is -0.231. The Morgan fingerprint density at radius 1 is 1.37 bits per heavy atom. The van der Waals surface area contributed by atoms with E-state index >= 15 is 0 Å². The van der Waals surface area contributed by atoms with E-state index in [1.807, 2.05) is 0 Å². The Labute approximate surface area is 112 Å². The van der Waals surface area contributed by atoms with E-state index in [0.29, 0.717) is 6.54 Å². The van der Waals surface area contributed by atoms with Gasteiger partial charge in [-0.25, -0.2) is 4.79 Å². The Kier molecular flexibility index (Phi) is 4.09. The molecule has 1 fully saturated rings. The summed E-state index contributed by atoms with van der Waals surface area (Å²) in [5.41, 5.74) is -0.0234. The number of likely N-dealkylation sites (N-methyl/N-ethyl adjacent to an activating group) is 1.